The Morgan fingerprint density at radius 3 is 2.50 bits per heavy atom. The van der Waals surface area contributed by atoms with Crippen LogP contribution in [0.4, 0.5) is 0 Å². The van der Waals surface area contributed by atoms with Crippen LogP contribution in [0.2, 0.25) is 5.02 Å². The molecule has 0 spiro atoms. The second-order valence-corrected chi connectivity index (χ2v) is 5.05. The minimum atomic E-state index is -0.482. The third-order valence-electron chi connectivity index (χ3n) is 3.14. The number of benzene rings is 2. The molecule has 0 atom stereocenters. The Hall–Kier alpha value is -2.26. The molecule has 4 heteroatoms. The van der Waals surface area contributed by atoms with Crippen molar-refractivity contribution in [1.82, 2.24) is 0 Å². The maximum absolute atomic E-state index is 12.2. The normalized spacial score (nSPS) is 10.9. The molecule has 0 unspecified atom stereocenters. The Bertz CT molecular complexity index is 848. The minimum Gasteiger partial charge on any atom is -0.502 e. The molecular formula is C16H11ClO3. The predicted molar refractivity (Wildman–Crippen MR) is 79.3 cm³/mol. The van der Waals surface area contributed by atoms with Crippen molar-refractivity contribution in [2.24, 2.45) is 0 Å². The van der Waals surface area contributed by atoms with Gasteiger partial charge in [-0.15, -0.1) is 0 Å². The van der Waals surface area contributed by atoms with Crippen molar-refractivity contribution in [2.75, 3.05) is 0 Å². The van der Waals surface area contributed by atoms with Crippen molar-refractivity contribution >= 4 is 22.6 Å². The van der Waals surface area contributed by atoms with Gasteiger partial charge in [-0.25, -0.2) is 0 Å². The molecule has 0 saturated carbocycles. The number of hydrogen-bond acceptors (Lipinski definition) is 3. The molecule has 0 bridgehead atoms. The SMILES string of the molecule is Cc1ccc(-c2oc3ccc(Cl)cc3c(=O)c2O)cc1. The quantitative estimate of drug-likeness (QED) is 0.732. The zero-order valence-electron chi connectivity index (χ0n) is 10.7. The van der Waals surface area contributed by atoms with E-state index in [4.69, 9.17) is 16.0 Å². The summed E-state index contributed by atoms with van der Waals surface area (Å²) in [6.07, 6.45) is 0. The Balaban J connectivity index is 2.32. The number of hydrogen-bond donors (Lipinski definition) is 1. The lowest BCUT2D eigenvalue weighted by Crippen LogP contribution is -2.02. The highest BCUT2D eigenvalue weighted by Crippen LogP contribution is 2.30. The zero-order chi connectivity index (χ0) is 14.3. The Morgan fingerprint density at radius 1 is 1.10 bits per heavy atom. The van der Waals surface area contributed by atoms with Crippen LogP contribution in [-0.2, 0) is 0 Å². The maximum Gasteiger partial charge on any atom is 0.235 e. The molecule has 0 amide bonds. The van der Waals surface area contributed by atoms with Crippen molar-refractivity contribution in [1.29, 1.82) is 0 Å². The van der Waals surface area contributed by atoms with E-state index in [0.717, 1.165) is 5.56 Å². The highest BCUT2D eigenvalue weighted by molar-refractivity contribution is 6.31. The molecule has 1 aromatic heterocycles. The first kappa shape index (κ1) is 12.8. The van der Waals surface area contributed by atoms with Crippen LogP contribution in [0.5, 0.6) is 5.75 Å². The zero-order valence-corrected chi connectivity index (χ0v) is 11.4. The largest absolute Gasteiger partial charge is 0.502 e. The molecule has 0 aliphatic carbocycles. The van der Waals surface area contributed by atoms with E-state index in [1.165, 1.54) is 6.07 Å². The van der Waals surface area contributed by atoms with E-state index >= 15 is 0 Å². The topological polar surface area (TPSA) is 50.4 Å². The fourth-order valence-electron chi connectivity index (χ4n) is 2.06. The van der Waals surface area contributed by atoms with E-state index in [2.05, 4.69) is 0 Å². The van der Waals surface area contributed by atoms with Crippen LogP contribution >= 0.6 is 11.6 Å². The van der Waals surface area contributed by atoms with Gasteiger partial charge in [0.15, 0.2) is 5.76 Å². The van der Waals surface area contributed by atoms with Gasteiger partial charge in [-0.3, -0.25) is 4.79 Å². The molecule has 0 fully saturated rings. The summed E-state index contributed by atoms with van der Waals surface area (Å²) >= 11 is 5.86. The van der Waals surface area contributed by atoms with Crippen LogP contribution in [0, 0.1) is 6.92 Å². The monoisotopic (exact) mass is 286 g/mol. The molecule has 0 saturated heterocycles. The lowest BCUT2D eigenvalue weighted by molar-refractivity contribution is 0.449. The summed E-state index contributed by atoms with van der Waals surface area (Å²) in [7, 11) is 0. The molecule has 2 aromatic carbocycles. The summed E-state index contributed by atoms with van der Waals surface area (Å²) in [5.41, 5.74) is 1.65. The standard InChI is InChI=1S/C16H11ClO3/c1-9-2-4-10(5-3-9)16-15(19)14(18)12-8-11(17)6-7-13(12)20-16/h2-8,19H,1H3. The molecule has 1 heterocycles. The number of aryl methyl sites for hydroxylation is 1. The average Bonchev–Trinajstić information content (AvgIpc) is 2.44. The first-order valence-corrected chi connectivity index (χ1v) is 6.46. The smallest absolute Gasteiger partial charge is 0.235 e. The van der Waals surface area contributed by atoms with Crippen LogP contribution in [-0.4, -0.2) is 5.11 Å². The van der Waals surface area contributed by atoms with Gasteiger partial charge in [-0.2, -0.15) is 0 Å². The fraction of sp³-hybridized carbons (Fsp3) is 0.0625. The van der Waals surface area contributed by atoms with Crippen LogP contribution in [0.15, 0.2) is 51.7 Å². The van der Waals surface area contributed by atoms with E-state index in [-0.39, 0.29) is 11.1 Å². The van der Waals surface area contributed by atoms with E-state index in [1.807, 2.05) is 19.1 Å². The Kier molecular flexibility index (Phi) is 2.99. The number of aromatic hydroxyl groups is 1. The van der Waals surface area contributed by atoms with Gasteiger partial charge in [0.2, 0.25) is 11.2 Å². The van der Waals surface area contributed by atoms with Crippen LogP contribution in [0.1, 0.15) is 5.56 Å². The third kappa shape index (κ3) is 2.06. The second-order valence-electron chi connectivity index (χ2n) is 4.62. The van der Waals surface area contributed by atoms with Crippen LogP contribution in [0.25, 0.3) is 22.3 Å². The van der Waals surface area contributed by atoms with Crippen molar-refractivity contribution in [2.45, 2.75) is 6.92 Å². The van der Waals surface area contributed by atoms with Crippen molar-refractivity contribution in [3.63, 3.8) is 0 Å². The lowest BCUT2D eigenvalue weighted by atomic mass is 10.1. The van der Waals surface area contributed by atoms with Gasteiger partial charge < -0.3 is 9.52 Å². The summed E-state index contributed by atoms with van der Waals surface area (Å²) in [5, 5.41) is 10.8. The van der Waals surface area contributed by atoms with Crippen molar-refractivity contribution in [3.8, 4) is 17.1 Å². The molecule has 100 valence electrons. The highest BCUT2D eigenvalue weighted by atomic mass is 35.5. The first-order chi connectivity index (χ1) is 9.56. The molecule has 20 heavy (non-hydrogen) atoms. The second kappa shape index (κ2) is 4.69. The van der Waals surface area contributed by atoms with E-state index in [0.29, 0.717) is 16.2 Å². The van der Waals surface area contributed by atoms with Gasteiger partial charge >= 0.3 is 0 Å². The average molecular weight is 287 g/mol. The van der Waals surface area contributed by atoms with Gasteiger partial charge in [0.25, 0.3) is 0 Å². The highest BCUT2D eigenvalue weighted by Gasteiger charge is 2.15. The third-order valence-corrected chi connectivity index (χ3v) is 3.38. The van der Waals surface area contributed by atoms with Gasteiger partial charge in [-0.1, -0.05) is 41.4 Å². The summed E-state index contributed by atoms with van der Waals surface area (Å²) in [5.74, 6) is -0.228. The van der Waals surface area contributed by atoms with Gasteiger partial charge in [0, 0.05) is 10.6 Å². The fourth-order valence-corrected chi connectivity index (χ4v) is 2.23. The summed E-state index contributed by atoms with van der Waals surface area (Å²) in [4.78, 5) is 12.2. The molecule has 0 aliphatic rings. The number of fused-ring (bicyclic) bond motifs is 1. The maximum atomic E-state index is 12.2. The van der Waals surface area contributed by atoms with E-state index in [1.54, 1.807) is 24.3 Å². The van der Waals surface area contributed by atoms with Gasteiger partial charge in [-0.05, 0) is 25.1 Å². The van der Waals surface area contributed by atoms with Crippen LogP contribution in [0.3, 0.4) is 0 Å². The summed E-state index contributed by atoms with van der Waals surface area (Å²) in [6.45, 7) is 1.96. The molecule has 1 N–H and O–H groups in total. The van der Waals surface area contributed by atoms with Gasteiger partial charge in [0.05, 0.1) is 5.39 Å². The van der Waals surface area contributed by atoms with Crippen molar-refractivity contribution < 1.29 is 9.52 Å². The molecule has 3 aromatic rings. The molecule has 0 radical (unpaired) electrons. The number of rotatable bonds is 1. The first-order valence-electron chi connectivity index (χ1n) is 6.08. The molecule has 3 rings (SSSR count). The molecular weight excluding hydrogens is 276 g/mol. The number of halogens is 1. The Labute approximate surface area is 120 Å². The van der Waals surface area contributed by atoms with E-state index in [9.17, 15) is 9.90 Å². The van der Waals surface area contributed by atoms with E-state index < -0.39 is 11.2 Å². The van der Waals surface area contributed by atoms with Crippen LogP contribution < -0.4 is 5.43 Å². The summed E-state index contributed by atoms with van der Waals surface area (Å²) in [6, 6.07) is 12.1. The summed E-state index contributed by atoms with van der Waals surface area (Å²) < 4.78 is 5.65. The predicted octanol–water partition coefficient (Wildman–Crippen LogP) is 4.13. The lowest BCUT2D eigenvalue weighted by Gasteiger charge is -2.06. The molecule has 3 nitrogen and oxygen atoms in total. The van der Waals surface area contributed by atoms with Gasteiger partial charge in [0.1, 0.15) is 5.58 Å². The Morgan fingerprint density at radius 2 is 1.80 bits per heavy atom. The molecule has 0 aliphatic heterocycles. The van der Waals surface area contributed by atoms with Crippen molar-refractivity contribution in [3.05, 3.63) is 63.3 Å². The minimum absolute atomic E-state index is 0.171.